The summed E-state index contributed by atoms with van der Waals surface area (Å²) >= 11 is 1.52. The van der Waals surface area contributed by atoms with Crippen molar-refractivity contribution in [3.63, 3.8) is 0 Å². The second-order valence-electron chi connectivity index (χ2n) is 5.46. The number of carbonyl (C=O) groups is 2. The molecule has 0 aromatic carbocycles. The average molecular weight is 286 g/mol. The number of rotatable bonds is 2. The van der Waals surface area contributed by atoms with Gasteiger partial charge < -0.3 is 14.9 Å². The Hall–Kier alpha value is -0.910. The molecule has 0 saturated carbocycles. The summed E-state index contributed by atoms with van der Waals surface area (Å²) in [7, 11) is 0. The van der Waals surface area contributed by atoms with Crippen LogP contribution in [0, 0.1) is 5.92 Å². The highest BCUT2D eigenvalue weighted by Crippen LogP contribution is 2.28. The minimum absolute atomic E-state index is 0.0944. The summed E-state index contributed by atoms with van der Waals surface area (Å²) in [6, 6.07) is -0.537. The van der Waals surface area contributed by atoms with Crippen molar-refractivity contribution in [2.75, 3.05) is 18.2 Å². The highest BCUT2D eigenvalue weighted by Gasteiger charge is 2.39. The number of hydrogen-bond acceptors (Lipinski definition) is 3. The number of carboxylic acids is 1. The molecule has 2 unspecified atom stereocenters. The predicted molar refractivity (Wildman–Crippen MR) is 75.2 cm³/mol. The summed E-state index contributed by atoms with van der Waals surface area (Å²) in [5.74, 6) is 0.657. The number of carbonyl (C=O) groups excluding carboxylic acids is 1. The summed E-state index contributed by atoms with van der Waals surface area (Å²) < 4.78 is 0. The van der Waals surface area contributed by atoms with Crippen LogP contribution in [0.1, 0.15) is 33.1 Å². The first kappa shape index (κ1) is 14.5. The number of thioether (sulfide) groups is 1. The Morgan fingerprint density at radius 2 is 2.05 bits per heavy atom. The van der Waals surface area contributed by atoms with Crippen LogP contribution in [0.4, 0.5) is 4.79 Å². The highest BCUT2D eigenvalue weighted by molar-refractivity contribution is 7.99. The van der Waals surface area contributed by atoms with E-state index in [-0.39, 0.29) is 12.1 Å². The number of nitrogens with zero attached hydrogens (tertiary/aromatic N) is 2. The number of carboxylic acid groups (broad SMARTS) is 1. The Kier molecular flexibility index (Phi) is 4.60. The number of piperidine rings is 1. The fourth-order valence-corrected chi connectivity index (χ4v) is 3.92. The second-order valence-corrected chi connectivity index (χ2v) is 6.46. The molecule has 0 bridgehead atoms. The zero-order valence-corrected chi connectivity index (χ0v) is 12.4. The molecule has 19 heavy (non-hydrogen) atoms. The molecule has 0 radical (unpaired) electrons. The van der Waals surface area contributed by atoms with Crippen LogP contribution < -0.4 is 0 Å². The van der Waals surface area contributed by atoms with Crippen molar-refractivity contribution in [1.82, 2.24) is 9.80 Å². The minimum atomic E-state index is -0.893. The van der Waals surface area contributed by atoms with E-state index < -0.39 is 12.0 Å². The van der Waals surface area contributed by atoms with Crippen molar-refractivity contribution in [2.45, 2.75) is 45.2 Å². The lowest BCUT2D eigenvalue weighted by molar-refractivity contribution is -0.141. The van der Waals surface area contributed by atoms with Gasteiger partial charge in [0.05, 0.1) is 5.88 Å². The molecular weight excluding hydrogens is 264 g/mol. The third kappa shape index (κ3) is 2.99. The quantitative estimate of drug-likeness (QED) is 0.844. The van der Waals surface area contributed by atoms with Gasteiger partial charge in [-0.25, -0.2) is 9.59 Å². The Balaban J connectivity index is 2.07. The van der Waals surface area contributed by atoms with Gasteiger partial charge in [-0.3, -0.25) is 0 Å². The molecule has 2 aliphatic heterocycles. The van der Waals surface area contributed by atoms with E-state index in [2.05, 4.69) is 13.8 Å². The first-order valence-corrected chi connectivity index (χ1v) is 8.07. The predicted octanol–water partition coefficient (Wildman–Crippen LogP) is 2.08. The number of hydrogen-bond donors (Lipinski definition) is 1. The SMILES string of the molecule is CCC1CCC(C)N(C(=O)N2CSC[C@H]2C(=O)O)C1. The molecule has 0 aromatic rings. The van der Waals surface area contributed by atoms with Crippen molar-refractivity contribution in [3.8, 4) is 0 Å². The van der Waals surface area contributed by atoms with Crippen molar-refractivity contribution in [2.24, 2.45) is 5.92 Å². The lowest BCUT2D eigenvalue weighted by Gasteiger charge is -2.40. The van der Waals surface area contributed by atoms with Crippen LogP contribution in [-0.2, 0) is 4.79 Å². The van der Waals surface area contributed by atoms with E-state index in [1.807, 2.05) is 4.90 Å². The Labute approximate surface area is 118 Å². The van der Waals surface area contributed by atoms with Crippen LogP contribution >= 0.6 is 11.8 Å². The highest BCUT2D eigenvalue weighted by atomic mass is 32.2. The fourth-order valence-electron chi connectivity index (χ4n) is 2.78. The molecule has 2 amide bonds. The third-order valence-electron chi connectivity index (χ3n) is 4.22. The zero-order valence-electron chi connectivity index (χ0n) is 11.5. The molecule has 2 rings (SSSR count). The summed E-state index contributed by atoms with van der Waals surface area (Å²) in [6.07, 6.45) is 3.26. The van der Waals surface area contributed by atoms with Crippen molar-refractivity contribution >= 4 is 23.8 Å². The molecule has 2 fully saturated rings. The summed E-state index contributed by atoms with van der Waals surface area (Å²) in [4.78, 5) is 27.1. The molecule has 5 nitrogen and oxygen atoms in total. The van der Waals surface area contributed by atoms with Crippen LogP contribution in [0.15, 0.2) is 0 Å². The third-order valence-corrected chi connectivity index (χ3v) is 5.23. The summed E-state index contributed by atoms with van der Waals surface area (Å²) in [5.41, 5.74) is 0. The Morgan fingerprint density at radius 1 is 1.32 bits per heavy atom. The molecule has 2 aliphatic rings. The molecule has 0 aromatic heterocycles. The van der Waals surface area contributed by atoms with Gasteiger partial charge in [-0.15, -0.1) is 11.8 Å². The lowest BCUT2D eigenvalue weighted by Crippen LogP contribution is -2.54. The molecule has 1 N–H and O–H groups in total. The molecule has 2 saturated heterocycles. The van der Waals surface area contributed by atoms with Gasteiger partial charge in [0.2, 0.25) is 0 Å². The number of likely N-dealkylation sites (tertiary alicyclic amines) is 1. The first-order valence-electron chi connectivity index (χ1n) is 6.92. The van der Waals surface area contributed by atoms with E-state index >= 15 is 0 Å². The van der Waals surface area contributed by atoms with Gasteiger partial charge in [-0.2, -0.15) is 0 Å². The van der Waals surface area contributed by atoms with Crippen molar-refractivity contribution in [3.05, 3.63) is 0 Å². The van der Waals surface area contributed by atoms with Crippen LogP contribution in [-0.4, -0.2) is 57.2 Å². The smallest absolute Gasteiger partial charge is 0.327 e. The molecule has 6 heteroatoms. The topological polar surface area (TPSA) is 60.9 Å². The number of aliphatic carboxylic acids is 1. The fraction of sp³-hybridized carbons (Fsp3) is 0.846. The van der Waals surface area contributed by atoms with Gasteiger partial charge in [0.25, 0.3) is 0 Å². The van der Waals surface area contributed by atoms with Crippen LogP contribution in [0.5, 0.6) is 0 Å². The molecule has 0 spiro atoms. The van der Waals surface area contributed by atoms with Gasteiger partial charge in [0.15, 0.2) is 0 Å². The van der Waals surface area contributed by atoms with Crippen molar-refractivity contribution < 1.29 is 14.7 Å². The van der Waals surface area contributed by atoms with E-state index in [0.29, 0.717) is 17.5 Å². The van der Waals surface area contributed by atoms with E-state index in [9.17, 15) is 9.59 Å². The maximum Gasteiger partial charge on any atom is 0.327 e. The van der Waals surface area contributed by atoms with Gasteiger partial charge in [-0.05, 0) is 25.7 Å². The molecular formula is C13H22N2O3S. The van der Waals surface area contributed by atoms with Gasteiger partial charge in [0, 0.05) is 18.3 Å². The molecule has 3 atom stereocenters. The first-order chi connectivity index (χ1) is 9.04. The van der Waals surface area contributed by atoms with E-state index in [1.54, 1.807) is 0 Å². The molecule has 2 heterocycles. The van der Waals surface area contributed by atoms with Gasteiger partial charge in [0.1, 0.15) is 6.04 Å². The molecule has 0 aliphatic carbocycles. The van der Waals surface area contributed by atoms with Gasteiger partial charge in [-0.1, -0.05) is 13.3 Å². The van der Waals surface area contributed by atoms with E-state index in [0.717, 1.165) is 19.4 Å². The summed E-state index contributed by atoms with van der Waals surface area (Å²) in [6.45, 7) is 4.97. The maximum atomic E-state index is 12.6. The Morgan fingerprint density at radius 3 is 2.68 bits per heavy atom. The zero-order chi connectivity index (χ0) is 14.0. The number of urea groups is 1. The van der Waals surface area contributed by atoms with Crippen molar-refractivity contribution in [1.29, 1.82) is 0 Å². The van der Waals surface area contributed by atoms with E-state index in [4.69, 9.17) is 5.11 Å². The largest absolute Gasteiger partial charge is 0.480 e. The average Bonchev–Trinajstić information content (AvgIpc) is 2.88. The number of amides is 2. The van der Waals surface area contributed by atoms with Crippen LogP contribution in [0.25, 0.3) is 0 Å². The Bertz CT molecular complexity index is 364. The standard InChI is InChI=1S/C13H22N2O3S/c1-3-10-5-4-9(2)14(6-10)13(18)15-8-19-7-11(15)12(16)17/h9-11H,3-8H2,1-2H3,(H,16,17)/t9?,10?,11-/m0/s1. The monoisotopic (exact) mass is 286 g/mol. The normalized spacial score (nSPS) is 31.6. The van der Waals surface area contributed by atoms with E-state index in [1.165, 1.54) is 23.1 Å². The van der Waals surface area contributed by atoms with Crippen LogP contribution in [0.3, 0.4) is 0 Å². The van der Waals surface area contributed by atoms with Crippen LogP contribution in [0.2, 0.25) is 0 Å². The second kappa shape index (κ2) is 6.03. The summed E-state index contributed by atoms with van der Waals surface area (Å²) in [5, 5.41) is 9.17. The molecule has 108 valence electrons. The maximum absolute atomic E-state index is 12.6. The van der Waals surface area contributed by atoms with Gasteiger partial charge >= 0.3 is 12.0 Å². The minimum Gasteiger partial charge on any atom is -0.480 e. The lowest BCUT2D eigenvalue weighted by atomic mass is 9.92.